The van der Waals surface area contributed by atoms with Crippen LogP contribution in [0.2, 0.25) is 0 Å². The van der Waals surface area contributed by atoms with Gasteiger partial charge in [-0.2, -0.15) is 4.31 Å². The zero-order chi connectivity index (χ0) is 15.8. The number of halogens is 1. The molecule has 1 fully saturated rings. The lowest BCUT2D eigenvalue weighted by Gasteiger charge is -2.28. The van der Waals surface area contributed by atoms with Crippen molar-refractivity contribution in [2.75, 3.05) is 13.1 Å². The molecule has 1 N–H and O–H groups in total. The molecule has 1 aromatic heterocycles. The second-order valence-electron chi connectivity index (χ2n) is 5.54. The molecule has 1 atom stereocenters. The van der Waals surface area contributed by atoms with Gasteiger partial charge in [0.2, 0.25) is 10.0 Å². The van der Waals surface area contributed by atoms with E-state index in [1.165, 1.54) is 22.8 Å². The van der Waals surface area contributed by atoms with Gasteiger partial charge in [0.05, 0.1) is 5.41 Å². The van der Waals surface area contributed by atoms with E-state index in [2.05, 4.69) is 20.9 Å². The summed E-state index contributed by atoms with van der Waals surface area (Å²) < 4.78 is 27.0. The van der Waals surface area contributed by atoms with E-state index in [0.717, 1.165) is 0 Å². The zero-order valence-electron chi connectivity index (χ0n) is 11.8. The smallest absolute Gasteiger partial charge is 0.311 e. The minimum atomic E-state index is -3.72. The normalized spacial score (nSPS) is 23.6. The third-order valence-electron chi connectivity index (χ3n) is 4.11. The van der Waals surface area contributed by atoms with Gasteiger partial charge in [-0.05, 0) is 34.3 Å². The Labute approximate surface area is 132 Å². The van der Waals surface area contributed by atoms with Gasteiger partial charge in [0.25, 0.3) is 0 Å². The molecule has 1 saturated heterocycles. The Morgan fingerprint density at radius 2 is 2.14 bits per heavy atom. The van der Waals surface area contributed by atoms with Gasteiger partial charge in [0, 0.05) is 30.0 Å². The van der Waals surface area contributed by atoms with Gasteiger partial charge < -0.3 is 5.11 Å². The number of rotatable bonds is 4. The summed E-state index contributed by atoms with van der Waals surface area (Å²) in [6.45, 7) is 3.82. The average molecular weight is 377 g/mol. The Morgan fingerprint density at radius 1 is 1.48 bits per heavy atom. The number of carboxylic acid groups (broad SMARTS) is 1. The first-order chi connectivity index (χ1) is 9.70. The minimum Gasteiger partial charge on any atom is -0.481 e. The second-order valence-corrected chi connectivity index (χ2v) is 8.40. The average Bonchev–Trinajstić information content (AvgIpc) is 2.85. The number of hydrogen-bond donors (Lipinski definition) is 1. The number of aromatic nitrogens is 1. The maximum absolute atomic E-state index is 12.6. The van der Waals surface area contributed by atoms with Crippen molar-refractivity contribution >= 4 is 31.9 Å². The fraction of sp³-hybridized carbons (Fsp3) is 0.538. The van der Waals surface area contributed by atoms with Gasteiger partial charge in [0.1, 0.15) is 4.90 Å². The van der Waals surface area contributed by atoms with E-state index in [1.807, 2.05) is 13.8 Å². The number of carbonyl (C=O) groups is 1. The lowest BCUT2D eigenvalue weighted by atomic mass is 9.77. The van der Waals surface area contributed by atoms with Gasteiger partial charge in [-0.3, -0.25) is 9.78 Å². The van der Waals surface area contributed by atoms with E-state index >= 15 is 0 Å². The Bertz CT molecular complexity index is 662. The van der Waals surface area contributed by atoms with E-state index in [1.54, 1.807) is 0 Å². The Balaban J connectivity index is 2.34. The minimum absolute atomic E-state index is 0.00511. The summed E-state index contributed by atoms with van der Waals surface area (Å²) in [5.74, 6) is -1.08. The third-order valence-corrected chi connectivity index (χ3v) is 6.36. The van der Waals surface area contributed by atoms with Crippen LogP contribution in [0.1, 0.15) is 20.3 Å². The number of hydrogen-bond acceptors (Lipinski definition) is 4. The summed E-state index contributed by atoms with van der Waals surface area (Å²) in [4.78, 5) is 15.5. The highest BCUT2D eigenvalue weighted by atomic mass is 79.9. The van der Waals surface area contributed by atoms with Crippen molar-refractivity contribution < 1.29 is 18.3 Å². The van der Waals surface area contributed by atoms with Gasteiger partial charge in [-0.1, -0.05) is 13.8 Å². The van der Waals surface area contributed by atoms with Crippen LogP contribution in [0.4, 0.5) is 0 Å². The van der Waals surface area contributed by atoms with E-state index in [9.17, 15) is 18.3 Å². The monoisotopic (exact) mass is 376 g/mol. The third kappa shape index (κ3) is 2.84. The van der Waals surface area contributed by atoms with Gasteiger partial charge >= 0.3 is 5.97 Å². The largest absolute Gasteiger partial charge is 0.481 e. The van der Waals surface area contributed by atoms with Crippen LogP contribution in [0, 0.1) is 11.3 Å². The lowest BCUT2D eigenvalue weighted by molar-refractivity contribution is -0.150. The van der Waals surface area contributed by atoms with Crippen LogP contribution in [0.5, 0.6) is 0 Å². The molecule has 1 aliphatic rings. The highest BCUT2D eigenvalue weighted by molar-refractivity contribution is 9.10. The summed E-state index contributed by atoms with van der Waals surface area (Å²) in [7, 11) is -3.72. The SMILES string of the molecule is CC(C)C1(C(=O)O)CCN(S(=O)(=O)c2cncc(Br)c2)C1. The lowest BCUT2D eigenvalue weighted by Crippen LogP contribution is -2.40. The molecule has 0 aromatic carbocycles. The number of pyridine rings is 1. The summed E-state index contributed by atoms with van der Waals surface area (Å²) in [5.41, 5.74) is -1.02. The number of sulfonamides is 1. The van der Waals surface area contributed by atoms with Gasteiger partial charge in [0.15, 0.2) is 0 Å². The summed E-state index contributed by atoms with van der Waals surface area (Å²) in [6, 6.07) is 1.47. The standard InChI is InChI=1S/C13H17BrN2O4S/c1-9(2)13(12(17)18)3-4-16(8-13)21(19,20)11-5-10(14)6-15-7-11/h5-7,9H,3-4,8H2,1-2H3,(H,17,18). The summed E-state index contributed by atoms with van der Waals surface area (Å²) in [5, 5.41) is 9.49. The molecule has 0 radical (unpaired) electrons. The van der Waals surface area contributed by atoms with Crippen LogP contribution >= 0.6 is 15.9 Å². The molecule has 21 heavy (non-hydrogen) atoms. The maximum Gasteiger partial charge on any atom is 0.311 e. The quantitative estimate of drug-likeness (QED) is 0.867. The van der Waals surface area contributed by atoms with Gasteiger partial charge in [-0.25, -0.2) is 8.42 Å². The molecule has 0 spiro atoms. The first-order valence-corrected chi connectivity index (χ1v) is 8.77. The van der Waals surface area contributed by atoms with Crippen LogP contribution < -0.4 is 0 Å². The van der Waals surface area contributed by atoms with Crippen molar-refractivity contribution in [3.05, 3.63) is 22.9 Å². The molecule has 8 heteroatoms. The molecule has 0 saturated carbocycles. The zero-order valence-corrected chi connectivity index (χ0v) is 14.2. The van der Waals surface area contributed by atoms with Crippen molar-refractivity contribution in [2.24, 2.45) is 11.3 Å². The Kier molecular flexibility index (Phi) is 4.41. The first-order valence-electron chi connectivity index (χ1n) is 6.54. The molecule has 6 nitrogen and oxygen atoms in total. The van der Waals surface area contributed by atoms with Crippen LogP contribution in [-0.4, -0.2) is 41.9 Å². The van der Waals surface area contributed by atoms with Crippen molar-refractivity contribution in [3.63, 3.8) is 0 Å². The first kappa shape index (κ1) is 16.4. The van der Waals surface area contributed by atoms with Crippen molar-refractivity contribution in [1.82, 2.24) is 9.29 Å². The highest BCUT2D eigenvalue weighted by Crippen LogP contribution is 2.40. The summed E-state index contributed by atoms with van der Waals surface area (Å²) >= 11 is 3.19. The van der Waals surface area contributed by atoms with Gasteiger partial charge in [-0.15, -0.1) is 0 Å². The Hall–Kier alpha value is -0.990. The van der Waals surface area contributed by atoms with E-state index < -0.39 is 21.4 Å². The maximum atomic E-state index is 12.6. The molecule has 116 valence electrons. The molecule has 2 rings (SSSR count). The van der Waals surface area contributed by atoms with Crippen LogP contribution in [0.25, 0.3) is 0 Å². The van der Waals surface area contributed by atoms with Crippen molar-refractivity contribution in [3.8, 4) is 0 Å². The molecular formula is C13H17BrN2O4S. The molecule has 1 aromatic rings. The summed E-state index contributed by atoms with van der Waals surface area (Å²) in [6.07, 6.45) is 3.09. The molecule has 0 aliphatic carbocycles. The Morgan fingerprint density at radius 3 is 2.62 bits per heavy atom. The van der Waals surface area contributed by atoms with E-state index in [4.69, 9.17) is 0 Å². The molecule has 1 unspecified atom stereocenters. The van der Waals surface area contributed by atoms with Crippen molar-refractivity contribution in [1.29, 1.82) is 0 Å². The van der Waals surface area contributed by atoms with E-state index in [0.29, 0.717) is 10.9 Å². The van der Waals surface area contributed by atoms with Crippen LogP contribution in [0.15, 0.2) is 27.8 Å². The molecule has 2 heterocycles. The second kappa shape index (κ2) is 5.66. The topological polar surface area (TPSA) is 87.6 Å². The van der Waals surface area contributed by atoms with E-state index in [-0.39, 0.29) is 23.9 Å². The molecule has 1 aliphatic heterocycles. The molecule has 0 amide bonds. The number of nitrogens with zero attached hydrogens (tertiary/aromatic N) is 2. The number of carboxylic acids is 1. The van der Waals surface area contributed by atoms with Crippen LogP contribution in [0.3, 0.4) is 0 Å². The van der Waals surface area contributed by atoms with Crippen molar-refractivity contribution in [2.45, 2.75) is 25.2 Å². The fourth-order valence-corrected chi connectivity index (χ4v) is 4.59. The highest BCUT2D eigenvalue weighted by Gasteiger charge is 2.50. The fourth-order valence-electron chi connectivity index (χ4n) is 2.58. The predicted octanol–water partition coefficient (Wildman–Crippen LogP) is 1.97. The number of aliphatic carboxylic acids is 1. The molecular weight excluding hydrogens is 360 g/mol. The van der Waals surface area contributed by atoms with Crippen LogP contribution in [-0.2, 0) is 14.8 Å². The molecule has 0 bridgehead atoms. The predicted molar refractivity (Wildman–Crippen MR) is 80.2 cm³/mol.